The van der Waals surface area contributed by atoms with Crippen LogP contribution in [0.1, 0.15) is 46.2 Å². The van der Waals surface area contributed by atoms with Crippen molar-refractivity contribution in [2.45, 2.75) is 58.3 Å². The van der Waals surface area contributed by atoms with Crippen LogP contribution in [0.2, 0.25) is 10.0 Å². The molecule has 1 aliphatic heterocycles. The number of pyridine rings is 1. The topological polar surface area (TPSA) is 108 Å². The number of fused-ring (bicyclic) bond motifs is 1. The first-order valence-electron chi connectivity index (χ1n) is 15.1. The van der Waals surface area contributed by atoms with Gasteiger partial charge in [0.2, 0.25) is 5.88 Å². The number of imidazole rings is 1. The second kappa shape index (κ2) is 12.6. The zero-order valence-electron chi connectivity index (χ0n) is 25.9. The monoisotopic (exact) mass is 653 g/mol. The summed E-state index contributed by atoms with van der Waals surface area (Å²) in [6, 6.07) is 9.14. The van der Waals surface area contributed by atoms with E-state index in [-0.39, 0.29) is 11.7 Å². The molecule has 0 unspecified atom stereocenters. The summed E-state index contributed by atoms with van der Waals surface area (Å²) in [6.07, 6.45) is 4.83. The van der Waals surface area contributed by atoms with Crippen LogP contribution in [-0.4, -0.2) is 90.9 Å². The number of aromatic nitrogens is 5. The van der Waals surface area contributed by atoms with Crippen LogP contribution in [0.25, 0.3) is 22.6 Å². The molecule has 0 radical (unpaired) electrons. The number of piperazine rings is 1. The summed E-state index contributed by atoms with van der Waals surface area (Å²) in [7, 11) is 0. The Morgan fingerprint density at radius 3 is 2.49 bits per heavy atom. The largest absolute Gasteiger partial charge is 0.492 e. The maximum atomic E-state index is 12.4. The number of hydrogen-bond acceptors (Lipinski definition) is 9. The summed E-state index contributed by atoms with van der Waals surface area (Å²) in [5, 5.41) is 1.08. The maximum absolute atomic E-state index is 12.4. The third kappa shape index (κ3) is 7.59. The van der Waals surface area contributed by atoms with E-state index in [0.717, 1.165) is 38.2 Å². The summed E-state index contributed by atoms with van der Waals surface area (Å²) in [6.45, 7) is 12.0. The fourth-order valence-electron chi connectivity index (χ4n) is 5.09. The number of hydrogen-bond donors (Lipinski definition) is 0. The highest BCUT2D eigenvalue weighted by molar-refractivity contribution is 6.33. The van der Waals surface area contributed by atoms with Crippen molar-refractivity contribution in [2.24, 2.45) is 0 Å². The van der Waals surface area contributed by atoms with Gasteiger partial charge in [0.05, 0.1) is 17.3 Å². The number of ether oxygens (including phenoxy) is 3. The van der Waals surface area contributed by atoms with Crippen LogP contribution >= 0.6 is 23.2 Å². The van der Waals surface area contributed by atoms with Gasteiger partial charge in [-0.1, -0.05) is 23.2 Å². The molecule has 2 aliphatic rings. The Hall–Kier alpha value is -3.67. The highest BCUT2D eigenvalue weighted by atomic mass is 35.5. The number of benzene rings is 1. The molecule has 1 saturated carbocycles. The van der Waals surface area contributed by atoms with Crippen LogP contribution in [0, 0.1) is 0 Å². The quantitative estimate of drug-likeness (QED) is 0.211. The van der Waals surface area contributed by atoms with E-state index in [1.165, 1.54) is 6.33 Å². The zero-order valence-corrected chi connectivity index (χ0v) is 27.4. The van der Waals surface area contributed by atoms with Crippen LogP contribution in [-0.2, 0) is 11.3 Å². The number of carbonyl (C=O) groups excluding carboxylic acids is 1. The van der Waals surface area contributed by atoms with E-state index in [2.05, 4.69) is 26.8 Å². The van der Waals surface area contributed by atoms with Crippen LogP contribution in [0.15, 0.2) is 42.9 Å². The minimum atomic E-state index is -0.501. The van der Waals surface area contributed by atoms with Gasteiger partial charge in [0.25, 0.3) is 0 Å². The smallest absolute Gasteiger partial charge is 0.410 e. The molecule has 1 amide bonds. The van der Waals surface area contributed by atoms with Gasteiger partial charge in [-0.2, -0.15) is 4.98 Å². The van der Waals surface area contributed by atoms with Gasteiger partial charge < -0.3 is 23.7 Å². The lowest BCUT2D eigenvalue weighted by Crippen LogP contribution is -2.50. The third-order valence-corrected chi connectivity index (χ3v) is 8.32. The number of halogens is 2. The van der Waals surface area contributed by atoms with Gasteiger partial charge in [-0.05, 0) is 70.9 Å². The van der Waals surface area contributed by atoms with Gasteiger partial charge in [0.1, 0.15) is 35.7 Å². The molecule has 4 heterocycles. The van der Waals surface area contributed by atoms with Gasteiger partial charge in [0.15, 0.2) is 11.2 Å². The summed E-state index contributed by atoms with van der Waals surface area (Å²) < 4.78 is 19.8. The van der Waals surface area contributed by atoms with Gasteiger partial charge in [-0.15, -0.1) is 0 Å². The van der Waals surface area contributed by atoms with Crippen LogP contribution in [0.4, 0.5) is 4.79 Å². The van der Waals surface area contributed by atoms with Crippen molar-refractivity contribution >= 4 is 40.5 Å². The van der Waals surface area contributed by atoms with E-state index in [1.807, 2.05) is 43.5 Å². The van der Waals surface area contributed by atoms with Crippen molar-refractivity contribution in [1.29, 1.82) is 0 Å². The van der Waals surface area contributed by atoms with E-state index >= 15 is 0 Å². The van der Waals surface area contributed by atoms with Crippen LogP contribution < -0.4 is 9.47 Å². The van der Waals surface area contributed by atoms with Gasteiger partial charge in [-0.3, -0.25) is 9.88 Å². The Labute approximate surface area is 272 Å². The maximum Gasteiger partial charge on any atom is 0.410 e. The molecule has 2 fully saturated rings. The molecule has 238 valence electrons. The molecule has 1 aliphatic carbocycles. The molecule has 1 aromatic carbocycles. The second-order valence-corrected chi connectivity index (χ2v) is 13.5. The molecule has 13 heteroatoms. The van der Waals surface area contributed by atoms with Crippen LogP contribution in [0.5, 0.6) is 11.6 Å². The lowest BCUT2D eigenvalue weighted by molar-refractivity contribution is 0.0137. The van der Waals surface area contributed by atoms with E-state index in [9.17, 15) is 4.79 Å². The molecule has 4 aromatic rings. The highest BCUT2D eigenvalue weighted by Crippen LogP contribution is 2.41. The molecule has 3 aromatic heterocycles. The molecule has 0 atom stereocenters. The summed E-state index contributed by atoms with van der Waals surface area (Å²) in [5.74, 6) is 1.71. The lowest BCUT2D eigenvalue weighted by Gasteiger charge is -2.35. The first kappa shape index (κ1) is 31.3. The van der Waals surface area contributed by atoms with E-state index in [1.54, 1.807) is 23.2 Å². The SMILES string of the molecule is CC(C)(C)OC(=O)N1CCN(CCOc2ccc(-c3nc4c(OC5(C)CC5)ncnc4n3Cc3cc(Cl)ccn3)c(Cl)c2)CC1. The first-order valence-corrected chi connectivity index (χ1v) is 15.9. The Morgan fingerprint density at radius 2 is 1.80 bits per heavy atom. The number of carbonyl (C=O) groups is 1. The Bertz CT molecular complexity index is 1690. The molecule has 11 nitrogen and oxygen atoms in total. The fourth-order valence-corrected chi connectivity index (χ4v) is 5.53. The van der Waals surface area contributed by atoms with E-state index in [0.29, 0.717) is 70.5 Å². The van der Waals surface area contributed by atoms with Crippen molar-refractivity contribution in [3.8, 4) is 23.0 Å². The molecule has 6 rings (SSSR count). The molecule has 45 heavy (non-hydrogen) atoms. The standard InChI is InChI=1S/C32H37Cl2N7O4/c1-31(2,3)45-30(42)40-13-11-39(12-14-40)15-16-43-23-5-6-24(25(34)18-23)27-38-26-28(36-20-37-29(26)44-32(4)8-9-32)41(27)19-22-17-21(33)7-10-35-22/h5-7,10,17-18,20H,8-9,11-16,19H2,1-4H3. The predicted molar refractivity (Wildman–Crippen MR) is 172 cm³/mol. The fraction of sp³-hybridized carbons (Fsp3) is 0.469. The lowest BCUT2D eigenvalue weighted by atomic mass is 10.2. The minimum absolute atomic E-state index is 0.234. The van der Waals surface area contributed by atoms with Crippen molar-refractivity contribution in [3.05, 3.63) is 58.6 Å². The Kier molecular flexibility index (Phi) is 8.78. The molecule has 0 bridgehead atoms. The van der Waals surface area contributed by atoms with E-state index in [4.69, 9.17) is 42.4 Å². The zero-order chi connectivity index (χ0) is 31.8. The van der Waals surface area contributed by atoms with Crippen molar-refractivity contribution in [3.63, 3.8) is 0 Å². The average Bonchev–Trinajstić information content (AvgIpc) is 3.60. The summed E-state index contributed by atoms with van der Waals surface area (Å²) >= 11 is 13.1. The average molecular weight is 655 g/mol. The Balaban J connectivity index is 1.16. The first-order chi connectivity index (χ1) is 21.5. The van der Waals surface area contributed by atoms with Crippen LogP contribution in [0.3, 0.4) is 0 Å². The van der Waals surface area contributed by atoms with Gasteiger partial charge >= 0.3 is 6.09 Å². The minimum Gasteiger partial charge on any atom is -0.492 e. The molecule has 1 saturated heterocycles. The summed E-state index contributed by atoms with van der Waals surface area (Å²) in [5.41, 5.74) is 1.91. The molecule has 0 N–H and O–H groups in total. The van der Waals surface area contributed by atoms with Gasteiger partial charge in [-0.25, -0.2) is 14.8 Å². The molecular weight excluding hydrogens is 617 g/mol. The van der Waals surface area contributed by atoms with Gasteiger partial charge in [0, 0.05) is 49.5 Å². The van der Waals surface area contributed by atoms with Crippen molar-refractivity contribution < 1.29 is 19.0 Å². The number of amides is 1. The van der Waals surface area contributed by atoms with Crippen molar-refractivity contribution in [1.82, 2.24) is 34.3 Å². The molecule has 0 spiro atoms. The summed E-state index contributed by atoms with van der Waals surface area (Å²) in [4.78, 5) is 34.8. The number of nitrogens with zero attached hydrogens (tertiary/aromatic N) is 7. The van der Waals surface area contributed by atoms with E-state index < -0.39 is 5.60 Å². The highest BCUT2D eigenvalue weighted by Gasteiger charge is 2.41. The number of rotatable bonds is 9. The normalized spacial score (nSPS) is 16.5. The van der Waals surface area contributed by atoms with Crippen molar-refractivity contribution in [2.75, 3.05) is 39.3 Å². The Morgan fingerprint density at radius 1 is 1.02 bits per heavy atom. The second-order valence-electron chi connectivity index (χ2n) is 12.7. The molecular formula is C32H37Cl2N7O4. The third-order valence-electron chi connectivity index (χ3n) is 7.78. The predicted octanol–water partition coefficient (Wildman–Crippen LogP) is 6.11.